The van der Waals surface area contributed by atoms with Crippen molar-refractivity contribution < 1.29 is 9.53 Å². The van der Waals surface area contributed by atoms with Gasteiger partial charge in [0, 0.05) is 22.8 Å². The SMILES string of the molecule is O=C(CSc1nnc(CCCOc2ccc(Cl)cc2Cl)n1-c1ccccc1)Nc1ccccc1. The molecule has 0 atom stereocenters. The molecule has 34 heavy (non-hydrogen) atoms. The smallest absolute Gasteiger partial charge is 0.234 e. The molecule has 0 aliphatic carbocycles. The summed E-state index contributed by atoms with van der Waals surface area (Å²) in [5, 5.41) is 13.3. The van der Waals surface area contributed by atoms with Crippen molar-refractivity contribution in [1.29, 1.82) is 0 Å². The molecule has 0 aliphatic rings. The van der Waals surface area contributed by atoms with Gasteiger partial charge in [0.05, 0.1) is 17.4 Å². The highest BCUT2D eigenvalue weighted by atomic mass is 35.5. The normalized spacial score (nSPS) is 10.8. The molecule has 3 aromatic carbocycles. The molecule has 1 heterocycles. The van der Waals surface area contributed by atoms with E-state index in [1.54, 1.807) is 18.2 Å². The number of nitrogens with zero attached hydrogens (tertiary/aromatic N) is 3. The first-order valence-electron chi connectivity index (χ1n) is 10.7. The number of anilines is 1. The lowest BCUT2D eigenvalue weighted by Crippen LogP contribution is -2.14. The molecule has 1 aromatic heterocycles. The molecule has 1 amide bonds. The second-order valence-electron chi connectivity index (χ2n) is 7.30. The third kappa shape index (κ3) is 6.53. The van der Waals surface area contributed by atoms with Crippen LogP contribution in [0.5, 0.6) is 5.75 Å². The molecule has 0 unspecified atom stereocenters. The molecule has 4 rings (SSSR count). The number of amides is 1. The summed E-state index contributed by atoms with van der Waals surface area (Å²) in [5.74, 6) is 1.51. The van der Waals surface area contributed by atoms with Crippen molar-refractivity contribution in [3.63, 3.8) is 0 Å². The average molecular weight is 513 g/mol. The summed E-state index contributed by atoms with van der Waals surface area (Å²) in [6.45, 7) is 0.463. The Bertz CT molecular complexity index is 1240. The Balaban J connectivity index is 1.40. The largest absolute Gasteiger partial charge is 0.492 e. The lowest BCUT2D eigenvalue weighted by atomic mass is 10.2. The molecule has 0 saturated carbocycles. The van der Waals surface area contributed by atoms with Crippen LogP contribution < -0.4 is 10.1 Å². The summed E-state index contributed by atoms with van der Waals surface area (Å²) in [7, 11) is 0. The van der Waals surface area contributed by atoms with E-state index in [2.05, 4.69) is 15.5 Å². The van der Waals surface area contributed by atoms with Gasteiger partial charge in [-0.25, -0.2) is 0 Å². The number of carbonyl (C=O) groups is 1. The van der Waals surface area contributed by atoms with Crippen LogP contribution in [0.4, 0.5) is 5.69 Å². The van der Waals surface area contributed by atoms with Gasteiger partial charge in [0.25, 0.3) is 0 Å². The van der Waals surface area contributed by atoms with Crippen LogP contribution in [0.25, 0.3) is 5.69 Å². The van der Waals surface area contributed by atoms with Crippen molar-refractivity contribution in [2.45, 2.75) is 18.0 Å². The maximum atomic E-state index is 12.4. The lowest BCUT2D eigenvalue weighted by Gasteiger charge is -2.11. The second-order valence-corrected chi connectivity index (χ2v) is 9.09. The van der Waals surface area contributed by atoms with Crippen LogP contribution in [-0.4, -0.2) is 33.0 Å². The summed E-state index contributed by atoms with van der Waals surface area (Å²) < 4.78 is 7.78. The Morgan fingerprint density at radius 3 is 2.44 bits per heavy atom. The van der Waals surface area contributed by atoms with Crippen LogP contribution in [0.2, 0.25) is 10.0 Å². The molecule has 0 saturated heterocycles. The number of hydrogen-bond acceptors (Lipinski definition) is 5. The maximum absolute atomic E-state index is 12.4. The summed E-state index contributed by atoms with van der Waals surface area (Å²) in [5.41, 5.74) is 1.70. The monoisotopic (exact) mass is 512 g/mol. The number of aryl methyl sites for hydroxylation is 1. The minimum atomic E-state index is -0.103. The number of halogens is 2. The molecule has 0 radical (unpaired) electrons. The lowest BCUT2D eigenvalue weighted by molar-refractivity contribution is -0.113. The van der Waals surface area contributed by atoms with E-state index in [4.69, 9.17) is 27.9 Å². The van der Waals surface area contributed by atoms with Crippen LogP contribution in [0.3, 0.4) is 0 Å². The zero-order chi connectivity index (χ0) is 23.8. The zero-order valence-corrected chi connectivity index (χ0v) is 20.5. The summed E-state index contributed by atoms with van der Waals surface area (Å²) >= 11 is 13.5. The molecule has 0 fully saturated rings. The Kier molecular flexibility index (Phi) is 8.46. The molecule has 0 spiro atoms. The topological polar surface area (TPSA) is 69.0 Å². The average Bonchev–Trinajstić information content (AvgIpc) is 3.25. The Hall–Kier alpha value is -3.00. The van der Waals surface area contributed by atoms with Crippen LogP contribution in [-0.2, 0) is 11.2 Å². The highest BCUT2D eigenvalue weighted by molar-refractivity contribution is 7.99. The molecular weight excluding hydrogens is 491 g/mol. The van der Waals surface area contributed by atoms with Crippen molar-refractivity contribution >= 4 is 46.6 Å². The number of nitrogens with one attached hydrogen (secondary N) is 1. The quantitative estimate of drug-likeness (QED) is 0.199. The molecule has 1 N–H and O–H groups in total. The van der Waals surface area contributed by atoms with E-state index in [0.29, 0.717) is 40.4 Å². The van der Waals surface area contributed by atoms with E-state index in [1.807, 2.05) is 65.2 Å². The maximum Gasteiger partial charge on any atom is 0.234 e. The summed E-state index contributed by atoms with van der Waals surface area (Å²) in [6.07, 6.45) is 1.35. The Labute approximate surface area is 212 Å². The Morgan fingerprint density at radius 1 is 0.971 bits per heavy atom. The first kappa shape index (κ1) is 24.1. The third-order valence-corrected chi connectivity index (χ3v) is 6.26. The van der Waals surface area contributed by atoms with Gasteiger partial charge in [-0.05, 0) is 48.9 Å². The molecule has 4 aromatic rings. The van der Waals surface area contributed by atoms with Gasteiger partial charge in [0.1, 0.15) is 11.6 Å². The first-order valence-corrected chi connectivity index (χ1v) is 12.4. The van der Waals surface area contributed by atoms with Gasteiger partial charge in [0.15, 0.2) is 5.16 Å². The minimum absolute atomic E-state index is 0.103. The summed E-state index contributed by atoms with van der Waals surface area (Å²) in [6, 6.07) is 24.4. The predicted octanol–water partition coefficient (Wildman–Crippen LogP) is 6.32. The zero-order valence-electron chi connectivity index (χ0n) is 18.2. The van der Waals surface area contributed by atoms with Crippen molar-refractivity contribution in [1.82, 2.24) is 14.8 Å². The van der Waals surface area contributed by atoms with Crippen molar-refractivity contribution in [3.05, 3.63) is 94.7 Å². The molecule has 9 heteroatoms. The number of benzene rings is 3. The highest BCUT2D eigenvalue weighted by Gasteiger charge is 2.16. The van der Waals surface area contributed by atoms with E-state index in [1.165, 1.54) is 11.8 Å². The molecule has 0 bridgehead atoms. The molecular formula is C25H22Cl2N4O2S. The number of hydrogen-bond donors (Lipinski definition) is 1. The highest BCUT2D eigenvalue weighted by Crippen LogP contribution is 2.28. The minimum Gasteiger partial charge on any atom is -0.492 e. The summed E-state index contributed by atoms with van der Waals surface area (Å²) in [4.78, 5) is 12.4. The van der Waals surface area contributed by atoms with Crippen molar-refractivity contribution in [2.24, 2.45) is 0 Å². The fraction of sp³-hybridized carbons (Fsp3) is 0.160. The molecule has 0 aliphatic heterocycles. The van der Waals surface area contributed by atoms with Gasteiger partial charge in [-0.2, -0.15) is 0 Å². The van der Waals surface area contributed by atoms with Gasteiger partial charge in [-0.3, -0.25) is 9.36 Å². The number of thioether (sulfide) groups is 1. The van der Waals surface area contributed by atoms with Crippen molar-refractivity contribution in [2.75, 3.05) is 17.7 Å². The first-order chi connectivity index (χ1) is 16.6. The van der Waals surface area contributed by atoms with E-state index in [-0.39, 0.29) is 11.7 Å². The third-order valence-electron chi connectivity index (χ3n) is 4.80. The number of aromatic nitrogens is 3. The van der Waals surface area contributed by atoms with Crippen LogP contribution in [0, 0.1) is 0 Å². The van der Waals surface area contributed by atoms with Gasteiger partial charge in [0.2, 0.25) is 5.91 Å². The molecule has 174 valence electrons. The molecule has 6 nitrogen and oxygen atoms in total. The fourth-order valence-electron chi connectivity index (χ4n) is 3.25. The standard InChI is InChI=1S/C25H22Cl2N4O2S/c26-18-13-14-22(21(27)16-18)33-15-7-12-23-29-30-25(31(23)20-10-5-2-6-11-20)34-17-24(32)28-19-8-3-1-4-9-19/h1-6,8-11,13-14,16H,7,12,15,17H2,(H,28,32). The van der Waals surface area contributed by atoms with Gasteiger partial charge in [-0.15, -0.1) is 10.2 Å². The second kappa shape index (κ2) is 11.9. The van der Waals surface area contributed by atoms with Crippen LogP contribution in [0.1, 0.15) is 12.2 Å². The Morgan fingerprint density at radius 2 is 1.71 bits per heavy atom. The van der Waals surface area contributed by atoms with E-state index >= 15 is 0 Å². The fourth-order valence-corrected chi connectivity index (χ4v) is 4.48. The number of ether oxygens (including phenoxy) is 1. The van der Waals surface area contributed by atoms with Crippen LogP contribution in [0.15, 0.2) is 84.0 Å². The number of carbonyl (C=O) groups excluding carboxylic acids is 1. The van der Waals surface area contributed by atoms with E-state index in [0.717, 1.165) is 17.2 Å². The van der Waals surface area contributed by atoms with Crippen molar-refractivity contribution in [3.8, 4) is 11.4 Å². The van der Waals surface area contributed by atoms with Gasteiger partial charge >= 0.3 is 0 Å². The van der Waals surface area contributed by atoms with E-state index < -0.39 is 0 Å². The van der Waals surface area contributed by atoms with Crippen LogP contribution >= 0.6 is 35.0 Å². The van der Waals surface area contributed by atoms with Gasteiger partial charge in [-0.1, -0.05) is 71.4 Å². The number of rotatable bonds is 10. The van der Waals surface area contributed by atoms with Gasteiger partial charge < -0.3 is 10.1 Å². The van der Waals surface area contributed by atoms with E-state index in [9.17, 15) is 4.79 Å². The predicted molar refractivity (Wildman–Crippen MR) is 137 cm³/mol. The number of para-hydroxylation sites is 2.